The molecule has 0 spiro atoms. The highest BCUT2D eigenvalue weighted by molar-refractivity contribution is 5.87. The van der Waals surface area contributed by atoms with Gasteiger partial charge in [-0.05, 0) is 24.7 Å². The lowest BCUT2D eigenvalue weighted by molar-refractivity contribution is -0.152. The van der Waals surface area contributed by atoms with Gasteiger partial charge in [0.2, 0.25) is 5.91 Å². The molecular weight excluding hydrogens is 246 g/mol. The smallest absolute Gasteiger partial charge is 0.329 e. The standard InChI is InChI=1S/C14H25NO4/c1-10(9-19-3)8-12(16)15-14(13(17)18)7-5-4-6-11(14)2/h10-11H,4-9H2,1-3H3,(H,15,16)(H,17,18). The van der Waals surface area contributed by atoms with Gasteiger partial charge in [0.15, 0.2) is 0 Å². The van der Waals surface area contributed by atoms with Crippen LogP contribution in [0.1, 0.15) is 46.0 Å². The first-order valence-corrected chi connectivity index (χ1v) is 6.95. The van der Waals surface area contributed by atoms with Gasteiger partial charge in [0.1, 0.15) is 5.54 Å². The van der Waals surface area contributed by atoms with Crippen molar-refractivity contribution < 1.29 is 19.4 Å². The minimum absolute atomic E-state index is 0.0274. The van der Waals surface area contributed by atoms with Crippen molar-refractivity contribution in [3.63, 3.8) is 0 Å². The third kappa shape index (κ3) is 3.93. The average Bonchev–Trinajstić information content (AvgIpc) is 2.32. The number of carbonyl (C=O) groups excluding carboxylic acids is 1. The molecule has 1 fully saturated rings. The van der Waals surface area contributed by atoms with Crippen LogP contribution in [0.5, 0.6) is 0 Å². The first-order chi connectivity index (χ1) is 8.92. The van der Waals surface area contributed by atoms with E-state index in [1.807, 2.05) is 13.8 Å². The van der Waals surface area contributed by atoms with Crippen LogP contribution >= 0.6 is 0 Å². The Bertz CT molecular complexity index is 331. The second-order valence-electron chi connectivity index (χ2n) is 5.74. The number of carboxylic acid groups (broad SMARTS) is 1. The molecule has 2 N–H and O–H groups in total. The third-order valence-corrected chi connectivity index (χ3v) is 4.03. The number of hydrogen-bond acceptors (Lipinski definition) is 3. The van der Waals surface area contributed by atoms with Crippen LogP contribution in [0.4, 0.5) is 0 Å². The highest BCUT2D eigenvalue weighted by atomic mass is 16.5. The number of ether oxygens (including phenoxy) is 1. The van der Waals surface area contributed by atoms with Crippen LogP contribution < -0.4 is 5.32 Å². The van der Waals surface area contributed by atoms with Gasteiger partial charge < -0.3 is 15.2 Å². The minimum Gasteiger partial charge on any atom is -0.479 e. The Morgan fingerprint density at radius 3 is 2.68 bits per heavy atom. The number of amides is 1. The van der Waals surface area contributed by atoms with Crippen molar-refractivity contribution in [3.05, 3.63) is 0 Å². The number of nitrogens with one attached hydrogen (secondary N) is 1. The fraction of sp³-hybridized carbons (Fsp3) is 0.857. The predicted molar refractivity (Wildman–Crippen MR) is 71.8 cm³/mol. The highest BCUT2D eigenvalue weighted by Crippen LogP contribution is 2.34. The van der Waals surface area contributed by atoms with E-state index in [1.165, 1.54) is 0 Å². The van der Waals surface area contributed by atoms with Gasteiger partial charge in [0.05, 0.1) is 0 Å². The van der Waals surface area contributed by atoms with Crippen LogP contribution in [-0.4, -0.2) is 36.2 Å². The first kappa shape index (κ1) is 16.0. The van der Waals surface area contributed by atoms with E-state index < -0.39 is 11.5 Å². The second kappa shape index (κ2) is 6.89. The first-order valence-electron chi connectivity index (χ1n) is 6.95. The van der Waals surface area contributed by atoms with Crippen molar-refractivity contribution in [2.75, 3.05) is 13.7 Å². The summed E-state index contributed by atoms with van der Waals surface area (Å²) in [7, 11) is 1.59. The van der Waals surface area contributed by atoms with Crippen molar-refractivity contribution in [1.29, 1.82) is 0 Å². The zero-order valence-electron chi connectivity index (χ0n) is 12.1. The SMILES string of the molecule is COCC(C)CC(=O)NC1(C(=O)O)CCCCC1C. The van der Waals surface area contributed by atoms with Gasteiger partial charge in [-0.1, -0.05) is 26.7 Å². The van der Waals surface area contributed by atoms with Crippen molar-refractivity contribution >= 4 is 11.9 Å². The summed E-state index contributed by atoms with van der Waals surface area (Å²) in [5.74, 6) is -1.04. The summed E-state index contributed by atoms with van der Waals surface area (Å²) in [5, 5.41) is 12.3. The molecule has 0 aliphatic heterocycles. The van der Waals surface area contributed by atoms with E-state index >= 15 is 0 Å². The van der Waals surface area contributed by atoms with E-state index in [4.69, 9.17) is 4.74 Å². The molecule has 1 aliphatic rings. The molecule has 3 atom stereocenters. The maximum atomic E-state index is 12.0. The molecule has 1 saturated carbocycles. The summed E-state index contributed by atoms with van der Waals surface area (Å²) in [6.45, 7) is 4.33. The molecular formula is C14H25NO4. The summed E-state index contributed by atoms with van der Waals surface area (Å²) in [6.07, 6.45) is 3.56. The maximum Gasteiger partial charge on any atom is 0.329 e. The fourth-order valence-corrected chi connectivity index (χ4v) is 2.86. The molecule has 19 heavy (non-hydrogen) atoms. The summed E-state index contributed by atoms with van der Waals surface area (Å²) in [5.41, 5.74) is -1.08. The molecule has 1 aliphatic carbocycles. The lowest BCUT2D eigenvalue weighted by Gasteiger charge is -2.39. The van der Waals surface area contributed by atoms with Gasteiger partial charge in [-0.25, -0.2) is 4.79 Å². The molecule has 5 nitrogen and oxygen atoms in total. The third-order valence-electron chi connectivity index (χ3n) is 4.03. The molecule has 0 aromatic heterocycles. The number of aliphatic carboxylic acids is 1. The lowest BCUT2D eigenvalue weighted by Crippen LogP contribution is -2.60. The van der Waals surface area contributed by atoms with Gasteiger partial charge in [-0.2, -0.15) is 0 Å². The summed E-state index contributed by atoms with van der Waals surface area (Å²) in [6, 6.07) is 0. The quantitative estimate of drug-likeness (QED) is 0.772. The van der Waals surface area contributed by atoms with E-state index in [0.717, 1.165) is 19.3 Å². The van der Waals surface area contributed by atoms with E-state index in [9.17, 15) is 14.7 Å². The van der Waals surface area contributed by atoms with Crippen molar-refractivity contribution in [2.24, 2.45) is 11.8 Å². The van der Waals surface area contributed by atoms with E-state index in [1.54, 1.807) is 7.11 Å². The van der Waals surface area contributed by atoms with Gasteiger partial charge in [-0.15, -0.1) is 0 Å². The Hall–Kier alpha value is -1.10. The zero-order chi connectivity index (χ0) is 14.5. The minimum atomic E-state index is -1.08. The second-order valence-corrected chi connectivity index (χ2v) is 5.74. The Balaban J connectivity index is 2.68. The molecule has 1 rings (SSSR count). The molecule has 5 heteroatoms. The largest absolute Gasteiger partial charge is 0.479 e. The Morgan fingerprint density at radius 1 is 1.47 bits per heavy atom. The van der Waals surface area contributed by atoms with Gasteiger partial charge >= 0.3 is 5.97 Å². The van der Waals surface area contributed by atoms with Crippen LogP contribution in [0.25, 0.3) is 0 Å². The van der Waals surface area contributed by atoms with Crippen molar-refractivity contribution in [3.8, 4) is 0 Å². The van der Waals surface area contributed by atoms with Crippen LogP contribution in [0.15, 0.2) is 0 Å². The number of rotatable bonds is 6. The summed E-state index contributed by atoms with van der Waals surface area (Å²) in [4.78, 5) is 23.6. The molecule has 0 saturated heterocycles. The summed E-state index contributed by atoms with van der Waals surface area (Å²) >= 11 is 0. The number of carboxylic acids is 1. The van der Waals surface area contributed by atoms with E-state index in [2.05, 4.69) is 5.32 Å². The molecule has 3 unspecified atom stereocenters. The molecule has 110 valence electrons. The Kier molecular flexibility index (Phi) is 5.79. The maximum absolute atomic E-state index is 12.0. The van der Waals surface area contributed by atoms with Crippen LogP contribution in [0, 0.1) is 11.8 Å². The Labute approximate surface area is 114 Å². The number of methoxy groups -OCH3 is 1. The van der Waals surface area contributed by atoms with Crippen LogP contribution in [0.3, 0.4) is 0 Å². The fourth-order valence-electron chi connectivity index (χ4n) is 2.86. The van der Waals surface area contributed by atoms with E-state index in [0.29, 0.717) is 19.4 Å². The van der Waals surface area contributed by atoms with Gasteiger partial charge in [0, 0.05) is 20.1 Å². The summed E-state index contributed by atoms with van der Waals surface area (Å²) < 4.78 is 4.99. The van der Waals surface area contributed by atoms with Crippen LogP contribution in [0.2, 0.25) is 0 Å². The number of carbonyl (C=O) groups is 2. The lowest BCUT2D eigenvalue weighted by atomic mass is 9.73. The van der Waals surface area contributed by atoms with Crippen molar-refractivity contribution in [2.45, 2.75) is 51.5 Å². The average molecular weight is 271 g/mol. The van der Waals surface area contributed by atoms with Gasteiger partial charge in [0.25, 0.3) is 0 Å². The monoisotopic (exact) mass is 271 g/mol. The van der Waals surface area contributed by atoms with E-state index in [-0.39, 0.29) is 17.7 Å². The number of hydrogen-bond donors (Lipinski definition) is 2. The highest BCUT2D eigenvalue weighted by Gasteiger charge is 2.46. The predicted octanol–water partition coefficient (Wildman–Crippen LogP) is 1.81. The van der Waals surface area contributed by atoms with Gasteiger partial charge in [-0.3, -0.25) is 4.79 Å². The molecule has 0 heterocycles. The molecule has 1 amide bonds. The normalized spacial score (nSPS) is 28.7. The molecule has 0 radical (unpaired) electrons. The van der Waals surface area contributed by atoms with Crippen molar-refractivity contribution in [1.82, 2.24) is 5.32 Å². The molecule has 0 bridgehead atoms. The Morgan fingerprint density at radius 2 is 2.16 bits per heavy atom. The molecule has 0 aromatic carbocycles. The zero-order valence-corrected chi connectivity index (χ0v) is 12.1. The molecule has 0 aromatic rings. The van der Waals surface area contributed by atoms with Crippen LogP contribution in [-0.2, 0) is 14.3 Å². The topological polar surface area (TPSA) is 75.6 Å².